The van der Waals surface area contributed by atoms with Gasteiger partial charge in [0, 0.05) is 16.1 Å². The van der Waals surface area contributed by atoms with Crippen LogP contribution in [0.5, 0.6) is 5.75 Å². The molecule has 0 saturated heterocycles. The Labute approximate surface area is 143 Å². The molecule has 0 aromatic heterocycles. The zero-order valence-corrected chi connectivity index (χ0v) is 14.9. The molecule has 0 bridgehead atoms. The van der Waals surface area contributed by atoms with Gasteiger partial charge in [0.2, 0.25) is 0 Å². The van der Waals surface area contributed by atoms with E-state index in [4.69, 9.17) is 27.9 Å². The third-order valence-electron chi connectivity index (χ3n) is 3.02. The topological polar surface area (TPSA) is 21.3 Å². The highest BCUT2D eigenvalue weighted by Crippen LogP contribution is 2.38. The van der Waals surface area contributed by atoms with E-state index in [0.717, 1.165) is 26.5 Å². The monoisotopic (exact) mass is 387 g/mol. The fourth-order valence-corrected chi connectivity index (χ4v) is 3.17. The van der Waals surface area contributed by atoms with Gasteiger partial charge in [-0.05, 0) is 59.6 Å². The Kier molecular flexibility index (Phi) is 5.80. The molecule has 1 atom stereocenters. The van der Waals surface area contributed by atoms with Gasteiger partial charge in [-0.15, -0.1) is 0 Å². The SMILES string of the molecule is CCOc1c(Br)cc(Cl)cc1NC(C)c1cccc(Cl)c1. The van der Waals surface area contributed by atoms with Gasteiger partial charge in [0.05, 0.1) is 16.8 Å². The molecule has 0 aliphatic heterocycles. The molecule has 2 aromatic carbocycles. The number of anilines is 1. The third kappa shape index (κ3) is 4.29. The number of halogens is 3. The van der Waals surface area contributed by atoms with Crippen molar-refractivity contribution < 1.29 is 4.74 Å². The van der Waals surface area contributed by atoms with E-state index < -0.39 is 0 Å². The molecule has 0 amide bonds. The minimum Gasteiger partial charge on any atom is -0.491 e. The molecule has 0 radical (unpaired) electrons. The highest BCUT2D eigenvalue weighted by atomic mass is 79.9. The molecule has 0 heterocycles. The molecule has 112 valence electrons. The van der Waals surface area contributed by atoms with Gasteiger partial charge in [-0.25, -0.2) is 0 Å². The van der Waals surface area contributed by atoms with E-state index in [0.29, 0.717) is 11.6 Å². The molecule has 2 rings (SSSR count). The molecular formula is C16H16BrCl2NO. The smallest absolute Gasteiger partial charge is 0.156 e. The Morgan fingerprint density at radius 1 is 1.19 bits per heavy atom. The standard InChI is InChI=1S/C16H16BrCl2NO/c1-3-21-16-14(17)8-13(19)9-15(16)20-10(2)11-5-4-6-12(18)7-11/h4-10,20H,3H2,1-2H3. The van der Waals surface area contributed by atoms with Crippen molar-refractivity contribution in [2.45, 2.75) is 19.9 Å². The first-order valence-corrected chi connectivity index (χ1v) is 8.20. The van der Waals surface area contributed by atoms with E-state index in [1.165, 1.54) is 0 Å². The second-order valence-electron chi connectivity index (χ2n) is 4.62. The molecular weight excluding hydrogens is 373 g/mol. The van der Waals surface area contributed by atoms with Crippen molar-refractivity contribution in [3.05, 3.63) is 56.5 Å². The highest BCUT2D eigenvalue weighted by molar-refractivity contribution is 9.10. The Morgan fingerprint density at radius 3 is 2.62 bits per heavy atom. The molecule has 0 saturated carbocycles. The number of hydrogen-bond acceptors (Lipinski definition) is 2. The van der Waals surface area contributed by atoms with E-state index in [1.54, 1.807) is 0 Å². The Balaban J connectivity index is 2.30. The van der Waals surface area contributed by atoms with Crippen LogP contribution in [0.15, 0.2) is 40.9 Å². The second-order valence-corrected chi connectivity index (χ2v) is 6.35. The van der Waals surface area contributed by atoms with Crippen LogP contribution < -0.4 is 10.1 Å². The largest absolute Gasteiger partial charge is 0.491 e. The second kappa shape index (κ2) is 7.39. The van der Waals surface area contributed by atoms with Gasteiger partial charge in [0.25, 0.3) is 0 Å². The predicted molar refractivity (Wildman–Crippen MR) is 93.8 cm³/mol. The number of rotatable bonds is 5. The minimum absolute atomic E-state index is 0.0771. The Morgan fingerprint density at radius 2 is 1.95 bits per heavy atom. The Hall–Kier alpha value is -0.900. The van der Waals surface area contributed by atoms with Gasteiger partial charge in [-0.2, -0.15) is 0 Å². The lowest BCUT2D eigenvalue weighted by Gasteiger charge is -2.20. The highest BCUT2D eigenvalue weighted by Gasteiger charge is 2.13. The first kappa shape index (κ1) is 16.5. The van der Waals surface area contributed by atoms with Crippen LogP contribution in [0, 0.1) is 0 Å². The summed E-state index contributed by atoms with van der Waals surface area (Å²) < 4.78 is 6.52. The van der Waals surface area contributed by atoms with E-state index in [9.17, 15) is 0 Å². The lowest BCUT2D eigenvalue weighted by atomic mass is 10.1. The third-order valence-corrected chi connectivity index (χ3v) is 4.06. The maximum Gasteiger partial charge on any atom is 0.156 e. The van der Waals surface area contributed by atoms with Crippen LogP contribution in [0.2, 0.25) is 10.0 Å². The summed E-state index contributed by atoms with van der Waals surface area (Å²) in [7, 11) is 0. The molecule has 2 nitrogen and oxygen atoms in total. The average molecular weight is 389 g/mol. The summed E-state index contributed by atoms with van der Waals surface area (Å²) in [6.45, 7) is 4.60. The molecule has 0 spiro atoms. The molecule has 0 aliphatic carbocycles. The van der Waals surface area contributed by atoms with E-state index in [1.807, 2.05) is 43.3 Å². The average Bonchev–Trinajstić information content (AvgIpc) is 2.42. The molecule has 5 heteroatoms. The van der Waals surface area contributed by atoms with Crippen molar-refractivity contribution in [3.8, 4) is 5.75 Å². The van der Waals surface area contributed by atoms with Gasteiger partial charge < -0.3 is 10.1 Å². The van der Waals surface area contributed by atoms with E-state index >= 15 is 0 Å². The fraction of sp³-hybridized carbons (Fsp3) is 0.250. The van der Waals surface area contributed by atoms with Crippen molar-refractivity contribution in [2.75, 3.05) is 11.9 Å². The molecule has 1 unspecified atom stereocenters. The van der Waals surface area contributed by atoms with E-state index in [-0.39, 0.29) is 6.04 Å². The first-order valence-electron chi connectivity index (χ1n) is 6.65. The zero-order valence-electron chi connectivity index (χ0n) is 11.8. The molecule has 0 aliphatic rings. The van der Waals surface area contributed by atoms with Crippen LogP contribution in [0.1, 0.15) is 25.5 Å². The summed E-state index contributed by atoms with van der Waals surface area (Å²) in [4.78, 5) is 0. The summed E-state index contributed by atoms with van der Waals surface area (Å²) in [5, 5.41) is 4.79. The van der Waals surface area contributed by atoms with Crippen LogP contribution in [0.3, 0.4) is 0 Å². The number of nitrogens with one attached hydrogen (secondary N) is 1. The molecule has 0 fully saturated rings. The normalized spacial score (nSPS) is 12.0. The van der Waals surface area contributed by atoms with Crippen LogP contribution >= 0.6 is 39.1 Å². The van der Waals surface area contributed by atoms with Gasteiger partial charge in [-0.3, -0.25) is 0 Å². The van der Waals surface area contributed by atoms with Crippen LogP contribution in [-0.2, 0) is 0 Å². The maximum absolute atomic E-state index is 6.13. The van der Waals surface area contributed by atoms with Gasteiger partial charge >= 0.3 is 0 Å². The number of ether oxygens (including phenoxy) is 1. The van der Waals surface area contributed by atoms with Crippen LogP contribution in [-0.4, -0.2) is 6.61 Å². The lowest BCUT2D eigenvalue weighted by molar-refractivity contribution is 0.339. The van der Waals surface area contributed by atoms with Gasteiger partial charge in [0.15, 0.2) is 5.75 Å². The van der Waals surface area contributed by atoms with Gasteiger partial charge in [0.1, 0.15) is 0 Å². The summed E-state index contributed by atoms with van der Waals surface area (Å²) >= 11 is 15.7. The lowest BCUT2D eigenvalue weighted by Crippen LogP contribution is -2.08. The van der Waals surface area contributed by atoms with Crippen molar-refractivity contribution >= 4 is 44.8 Å². The summed E-state index contributed by atoms with van der Waals surface area (Å²) in [5.41, 5.74) is 1.95. The maximum atomic E-state index is 6.13. The van der Waals surface area contributed by atoms with Crippen molar-refractivity contribution in [1.82, 2.24) is 0 Å². The first-order chi connectivity index (χ1) is 10.0. The number of benzene rings is 2. The summed E-state index contributed by atoms with van der Waals surface area (Å²) in [6, 6.07) is 11.5. The molecule has 21 heavy (non-hydrogen) atoms. The fourth-order valence-electron chi connectivity index (χ4n) is 2.05. The Bertz CT molecular complexity index is 634. The van der Waals surface area contributed by atoms with Crippen molar-refractivity contribution in [2.24, 2.45) is 0 Å². The van der Waals surface area contributed by atoms with Gasteiger partial charge in [-0.1, -0.05) is 35.3 Å². The summed E-state index contributed by atoms with van der Waals surface area (Å²) in [5.74, 6) is 0.760. The predicted octanol–water partition coefficient (Wildman–Crippen LogP) is 6.33. The van der Waals surface area contributed by atoms with Crippen molar-refractivity contribution in [3.63, 3.8) is 0 Å². The summed E-state index contributed by atoms with van der Waals surface area (Å²) in [6.07, 6.45) is 0. The van der Waals surface area contributed by atoms with Crippen molar-refractivity contribution in [1.29, 1.82) is 0 Å². The number of hydrogen-bond donors (Lipinski definition) is 1. The molecule has 1 N–H and O–H groups in total. The van der Waals surface area contributed by atoms with Crippen LogP contribution in [0.25, 0.3) is 0 Å². The quantitative estimate of drug-likeness (QED) is 0.646. The molecule has 2 aromatic rings. The minimum atomic E-state index is 0.0771. The van der Waals surface area contributed by atoms with Crippen LogP contribution in [0.4, 0.5) is 5.69 Å². The zero-order chi connectivity index (χ0) is 15.4. The van der Waals surface area contributed by atoms with E-state index in [2.05, 4.69) is 28.2 Å².